The van der Waals surface area contributed by atoms with Gasteiger partial charge in [-0.2, -0.15) is 0 Å². The van der Waals surface area contributed by atoms with Gasteiger partial charge in [0, 0.05) is 24.2 Å². The standard InChI is InChI=1S/C23H24N4O3S/c28-10-5-9-26(16-19-8-4-11-31-19)23(30)18-12-20-22(24-13-18)25-14-21(29)27(20)15-17-6-2-1-3-7-17/h1-4,6-8,11-13,28H,5,9-10,14-16H2,(H,24,25). The summed E-state index contributed by atoms with van der Waals surface area (Å²) in [5, 5.41) is 14.3. The molecule has 1 aliphatic rings. The number of benzene rings is 1. The summed E-state index contributed by atoms with van der Waals surface area (Å²) in [5.74, 6) is 0.348. The Balaban J connectivity index is 1.61. The fourth-order valence-electron chi connectivity index (χ4n) is 3.53. The van der Waals surface area contributed by atoms with Gasteiger partial charge in [-0.15, -0.1) is 11.3 Å². The van der Waals surface area contributed by atoms with E-state index in [0.717, 1.165) is 10.4 Å². The molecule has 8 heteroatoms. The number of fused-ring (bicyclic) bond motifs is 1. The monoisotopic (exact) mass is 436 g/mol. The quantitative estimate of drug-likeness (QED) is 0.567. The van der Waals surface area contributed by atoms with Gasteiger partial charge in [0.2, 0.25) is 5.91 Å². The van der Waals surface area contributed by atoms with Crippen LogP contribution in [-0.2, 0) is 17.9 Å². The number of carbonyl (C=O) groups excluding carboxylic acids is 2. The summed E-state index contributed by atoms with van der Waals surface area (Å²) in [6.45, 7) is 1.51. The summed E-state index contributed by atoms with van der Waals surface area (Å²) < 4.78 is 0. The Kier molecular flexibility index (Phi) is 6.59. The molecule has 31 heavy (non-hydrogen) atoms. The minimum Gasteiger partial charge on any atom is -0.396 e. The second-order valence-electron chi connectivity index (χ2n) is 7.29. The van der Waals surface area contributed by atoms with Crippen LogP contribution in [0, 0.1) is 0 Å². The van der Waals surface area contributed by atoms with Crippen LogP contribution in [0.2, 0.25) is 0 Å². The Morgan fingerprint density at radius 2 is 2.06 bits per heavy atom. The van der Waals surface area contributed by atoms with Crippen molar-refractivity contribution in [2.24, 2.45) is 0 Å². The average molecular weight is 437 g/mol. The largest absolute Gasteiger partial charge is 0.396 e. The number of anilines is 2. The molecule has 2 amide bonds. The number of carbonyl (C=O) groups is 2. The number of hydrogen-bond donors (Lipinski definition) is 2. The highest BCUT2D eigenvalue weighted by atomic mass is 32.1. The molecule has 0 saturated carbocycles. The second kappa shape index (κ2) is 9.72. The lowest BCUT2D eigenvalue weighted by Gasteiger charge is -2.30. The molecule has 3 aromatic rings. The van der Waals surface area contributed by atoms with Gasteiger partial charge in [-0.25, -0.2) is 4.98 Å². The van der Waals surface area contributed by atoms with Gasteiger partial charge >= 0.3 is 0 Å². The number of aliphatic hydroxyl groups is 1. The third-order valence-corrected chi connectivity index (χ3v) is 5.96. The van der Waals surface area contributed by atoms with Crippen molar-refractivity contribution in [3.63, 3.8) is 0 Å². The van der Waals surface area contributed by atoms with E-state index in [1.165, 1.54) is 0 Å². The summed E-state index contributed by atoms with van der Waals surface area (Å²) >= 11 is 1.59. The smallest absolute Gasteiger partial charge is 0.255 e. The number of nitrogens with one attached hydrogen (secondary N) is 1. The first kappa shape index (κ1) is 21.0. The van der Waals surface area contributed by atoms with Gasteiger partial charge in [0.05, 0.1) is 30.9 Å². The summed E-state index contributed by atoms with van der Waals surface area (Å²) in [6, 6.07) is 15.4. The molecule has 0 fully saturated rings. The van der Waals surface area contributed by atoms with Gasteiger partial charge in [0.1, 0.15) is 0 Å². The number of aliphatic hydroxyl groups excluding tert-OH is 1. The molecule has 1 aliphatic heterocycles. The maximum Gasteiger partial charge on any atom is 0.255 e. The molecule has 2 N–H and O–H groups in total. The summed E-state index contributed by atoms with van der Waals surface area (Å²) in [7, 11) is 0. The van der Waals surface area contributed by atoms with Crippen LogP contribution in [0.1, 0.15) is 27.2 Å². The van der Waals surface area contributed by atoms with Crippen LogP contribution in [-0.4, -0.2) is 46.5 Å². The molecule has 0 saturated heterocycles. The number of aromatic nitrogens is 1. The van der Waals surface area contributed by atoms with Gasteiger partial charge in [0.25, 0.3) is 5.91 Å². The molecule has 7 nitrogen and oxygen atoms in total. The van der Waals surface area contributed by atoms with E-state index in [-0.39, 0.29) is 25.0 Å². The molecule has 0 radical (unpaired) electrons. The van der Waals surface area contributed by atoms with Crippen LogP contribution in [0.25, 0.3) is 0 Å². The third-order valence-electron chi connectivity index (χ3n) is 5.10. The zero-order valence-electron chi connectivity index (χ0n) is 17.0. The first-order valence-electron chi connectivity index (χ1n) is 10.2. The predicted molar refractivity (Wildman–Crippen MR) is 121 cm³/mol. The lowest BCUT2D eigenvalue weighted by atomic mass is 10.1. The van der Waals surface area contributed by atoms with Crippen LogP contribution < -0.4 is 10.2 Å². The number of hydrogen-bond acceptors (Lipinski definition) is 6. The Morgan fingerprint density at radius 3 is 2.81 bits per heavy atom. The summed E-state index contributed by atoms with van der Waals surface area (Å²) in [6.07, 6.45) is 2.04. The van der Waals surface area contributed by atoms with Crippen molar-refractivity contribution >= 4 is 34.7 Å². The molecule has 0 aliphatic carbocycles. The summed E-state index contributed by atoms with van der Waals surface area (Å²) in [4.78, 5) is 34.8. The highest BCUT2D eigenvalue weighted by Gasteiger charge is 2.27. The van der Waals surface area contributed by atoms with Gasteiger partial charge in [-0.1, -0.05) is 36.4 Å². The maximum absolute atomic E-state index is 13.3. The fraction of sp³-hybridized carbons (Fsp3) is 0.261. The van der Waals surface area contributed by atoms with E-state index in [0.29, 0.717) is 43.1 Å². The molecule has 3 heterocycles. The van der Waals surface area contributed by atoms with Crippen LogP contribution in [0.4, 0.5) is 11.5 Å². The minimum atomic E-state index is -0.171. The van der Waals surface area contributed by atoms with Gasteiger partial charge in [0.15, 0.2) is 5.82 Å². The van der Waals surface area contributed by atoms with Crippen LogP contribution in [0.15, 0.2) is 60.1 Å². The second-order valence-corrected chi connectivity index (χ2v) is 8.33. The van der Waals surface area contributed by atoms with E-state index in [2.05, 4.69) is 10.3 Å². The van der Waals surface area contributed by atoms with Gasteiger partial charge in [-0.05, 0) is 29.5 Å². The predicted octanol–water partition coefficient (Wildman–Crippen LogP) is 3.13. The van der Waals surface area contributed by atoms with Crippen molar-refractivity contribution in [1.82, 2.24) is 9.88 Å². The van der Waals surface area contributed by atoms with Crippen molar-refractivity contribution in [2.45, 2.75) is 19.5 Å². The van der Waals surface area contributed by atoms with Gasteiger partial charge < -0.3 is 20.2 Å². The molecule has 2 aromatic heterocycles. The Hall–Kier alpha value is -3.23. The molecule has 0 unspecified atom stereocenters. The Morgan fingerprint density at radius 1 is 1.23 bits per heavy atom. The zero-order valence-corrected chi connectivity index (χ0v) is 17.8. The normalized spacial score (nSPS) is 12.9. The first-order valence-corrected chi connectivity index (χ1v) is 11.0. The van der Waals surface area contributed by atoms with E-state index in [1.54, 1.807) is 33.4 Å². The van der Waals surface area contributed by atoms with Crippen LogP contribution in [0.5, 0.6) is 0 Å². The van der Waals surface area contributed by atoms with Crippen molar-refractivity contribution in [3.05, 3.63) is 76.1 Å². The molecular weight excluding hydrogens is 412 g/mol. The van der Waals surface area contributed by atoms with Crippen molar-refractivity contribution in [2.75, 3.05) is 29.9 Å². The van der Waals surface area contributed by atoms with E-state index in [1.807, 2.05) is 47.8 Å². The number of nitrogens with zero attached hydrogens (tertiary/aromatic N) is 3. The molecular formula is C23H24N4O3S. The molecule has 0 atom stereocenters. The average Bonchev–Trinajstić information content (AvgIpc) is 3.32. The van der Waals surface area contributed by atoms with Gasteiger partial charge in [-0.3, -0.25) is 9.59 Å². The van der Waals surface area contributed by atoms with Crippen molar-refractivity contribution in [3.8, 4) is 0 Å². The maximum atomic E-state index is 13.3. The van der Waals surface area contributed by atoms with E-state index >= 15 is 0 Å². The Bertz CT molecular complexity index is 1040. The highest BCUT2D eigenvalue weighted by molar-refractivity contribution is 7.09. The highest BCUT2D eigenvalue weighted by Crippen LogP contribution is 2.30. The summed E-state index contributed by atoms with van der Waals surface area (Å²) in [5.41, 5.74) is 2.02. The topological polar surface area (TPSA) is 85.8 Å². The van der Waals surface area contributed by atoms with E-state index in [4.69, 9.17) is 0 Å². The lowest BCUT2D eigenvalue weighted by molar-refractivity contribution is -0.117. The zero-order chi connectivity index (χ0) is 21.6. The fourth-order valence-corrected chi connectivity index (χ4v) is 4.25. The molecule has 160 valence electrons. The number of thiophene rings is 1. The lowest BCUT2D eigenvalue weighted by Crippen LogP contribution is -2.40. The molecule has 1 aromatic carbocycles. The molecule has 0 bridgehead atoms. The first-order chi connectivity index (χ1) is 15.2. The van der Waals surface area contributed by atoms with Crippen molar-refractivity contribution in [1.29, 1.82) is 0 Å². The SMILES string of the molecule is O=C(c1cnc2c(c1)N(Cc1ccccc1)C(=O)CN2)N(CCCO)Cc1cccs1. The van der Waals surface area contributed by atoms with Crippen LogP contribution >= 0.6 is 11.3 Å². The van der Waals surface area contributed by atoms with Crippen molar-refractivity contribution < 1.29 is 14.7 Å². The Labute approximate surface area is 185 Å². The molecule has 4 rings (SSSR count). The number of pyridine rings is 1. The number of rotatable bonds is 8. The minimum absolute atomic E-state index is 0.0138. The van der Waals surface area contributed by atoms with Crippen LogP contribution in [0.3, 0.4) is 0 Å². The number of amides is 2. The van der Waals surface area contributed by atoms with E-state index < -0.39 is 0 Å². The molecule has 0 spiro atoms. The van der Waals surface area contributed by atoms with E-state index in [9.17, 15) is 14.7 Å². The third kappa shape index (κ3) is 4.92.